The van der Waals surface area contributed by atoms with Crippen LogP contribution in [0.15, 0.2) is 0 Å². The summed E-state index contributed by atoms with van der Waals surface area (Å²) < 4.78 is 5.83. The number of nitrogens with two attached hydrogens (primary N) is 2. The molecule has 0 spiro atoms. The standard InChI is InChI=1S/C13H18N6O/c14-6-10-11(15)9-5-8(20-13(9)18-12(10)16)7-19-3-1-17-2-4-19/h8,17H,1-5,7H2,(H4,15,16,18). The molecule has 0 aliphatic carbocycles. The van der Waals surface area contributed by atoms with Crippen LogP contribution in [0.1, 0.15) is 11.1 Å². The zero-order chi connectivity index (χ0) is 14.1. The van der Waals surface area contributed by atoms with Gasteiger partial charge in [0.25, 0.3) is 0 Å². The van der Waals surface area contributed by atoms with E-state index in [1.54, 1.807) is 0 Å². The van der Waals surface area contributed by atoms with Gasteiger partial charge in [0.1, 0.15) is 23.6 Å². The molecule has 0 amide bonds. The number of nitrogen functional groups attached to an aromatic ring is 2. The molecule has 1 saturated heterocycles. The van der Waals surface area contributed by atoms with Crippen LogP contribution < -0.4 is 21.5 Å². The molecule has 1 fully saturated rings. The summed E-state index contributed by atoms with van der Waals surface area (Å²) in [7, 11) is 0. The van der Waals surface area contributed by atoms with E-state index in [0.717, 1.165) is 38.3 Å². The molecule has 0 bridgehead atoms. The highest BCUT2D eigenvalue weighted by Crippen LogP contribution is 2.35. The first-order valence-electron chi connectivity index (χ1n) is 6.76. The first-order valence-corrected chi connectivity index (χ1v) is 6.76. The maximum absolute atomic E-state index is 9.05. The van der Waals surface area contributed by atoms with Crippen molar-refractivity contribution in [2.45, 2.75) is 12.5 Å². The fourth-order valence-corrected chi connectivity index (χ4v) is 2.76. The van der Waals surface area contributed by atoms with E-state index in [-0.39, 0.29) is 17.5 Å². The summed E-state index contributed by atoms with van der Waals surface area (Å²) in [5, 5.41) is 12.4. The summed E-state index contributed by atoms with van der Waals surface area (Å²) in [5.74, 6) is 0.630. The number of fused-ring (bicyclic) bond motifs is 1. The average molecular weight is 274 g/mol. The third kappa shape index (κ3) is 2.24. The number of ether oxygens (including phenoxy) is 1. The molecule has 3 rings (SSSR count). The zero-order valence-corrected chi connectivity index (χ0v) is 11.2. The Balaban J connectivity index is 1.75. The van der Waals surface area contributed by atoms with E-state index in [1.807, 2.05) is 6.07 Å². The van der Waals surface area contributed by atoms with Crippen molar-refractivity contribution in [2.75, 3.05) is 44.2 Å². The number of piperazine rings is 1. The van der Waals surface area contributed by atoms with Gasteiger partial charge in [0, 0.05) is 44.7 Å². The van der Waals surface area contributed by atoms with Crippen LogP contribution in [0.3, 0.4) is 0 Å². The van der Waals surface area contributed by atoms with Crippen LogP contribution in [0.2, 0.25) is 0 Å². The van der Waals surface area contributed by atoms with Gasteiger partial charge in [-0.25, -0.2) is 0 Å². The Morgan fingerprint density at radius 2 is 2.15 bits per heavy atom. The molecule has 0 radical (unpaired) electrons. The highest BCUT2D eigenvalue weighted by atomic mass is 16.5. The van der Waals surface area contributed by atoms with Crippen molar-refractivity contribution in [2.24, 2.45) is 0 Å². The van der Waals surface area contributed by atoms with Crippen LogP contribution in [0.5, 0.6) is 5.88 Å². The van der Waals surface area contributed by atoms with Gasteiger partial charge in [-0.1, -0.05) is 0 Å². The van der Waals surface area contributed by atoms with Gasteiger partial charge < -0.3 is 21.5 Å². The molecule has 1 atom stereocenters. The lowest BCUT2D eigenvalue weighted by Crippen LogP contribution is -2.47. The Bertz CT molecular complexity index is 561. The summed E-state index contributed by atoms with van der Waals surface area (Å²) in [4.78, 5) is 6.51. The quantitative estimate of drug-likeness (QED) is 0.655. The Labute approximate surface area is 117 Å². The molecule has 0 saturated carbocycles. The summed E-state index contributed by atoms with van der Waals surface area (Å²) in [6.07, 6.45) is 0.721. The molecule has 1 unspecified atom stereocenters. The zero-order valence-electron chi connectivity index (χ0n) is 11.2. The summed E-state index contributed by atoms with van der Waals surface area (Å²) in [5.41, 5.74) is 13.2. The lowest BCUT2D eigenvalue weighted by atomic mass is 10.1. The van der Waals surface area contributed by atoms with Gasteiger partial charge in [-0.2, -0.15) is 10.2 Å². The minimum Gasteiger partial charge on any atom is -0.472 e. The fourth-order valence-electron chi connectivity index (χ4n) is 2.76. The van der Waals surface area contributed by atoms with E-state index in [9.17, 15) is 0 Å². The smallest absolute Gasteiger partial charge is 0.221 e. The second-order valence-corrected chi connectivity index (χ2v) is 5.18. The third-order valence-electron chi connectivity index (χ3n) is 3.82. The number of rotatable bonds is 2. The lowest BCUT2D eigenvalue weighted by Gasteiger charge is -2.29. The van der Waals surface area contributed by atoms with E-state index in [1.165, 1.54) is 0 Å². The van der Waals surface area contributed by atoms with Crippen molar-refractivity contribution in [3.63, 3.8) is 0 Å². The van der Waals surface area contributed by atoms with Crippen molar-refractivity contribution in [3.05, 3.63) is 11.1 Å². The van der Waals surface area contributed by atoms with Gasteiger partial charge in [-0.05, 0) is 0 Å². The van der Waals surface area contributed by atoms with Crippen molar-refractivity contribution in [3.8, 4) is 11.9 Å². The van der Waals surface area contributed by atoms with Crippen molar-refractivity contribution < 1.29 is 4.74 Å². The number of hydrogen-bond acceptors (Lipinski definition) is 7. The Kier molecular flexibility index (Phi) is 3.34. The highest BCUT2D eigenvalue weighted by Gasteiger charge is 2.30. The molecule has 106 valence electrons. The average Bonchev–Trinajstić information content (AvgIpc) is 2.83. The molecule has 7 heteroatoms. The molecule has 2 aliphatic rings. The first kappa shape index (κ1) is 13.0. The summed E-state index contributed by atoms with van der Waals surface area (Å²) in [6.45, 7) is 4.89. The predicted molar refractivity (Wildman–Crippen MR) is 75.2 cm³/mol. The van der Waals surface area contributed by atoms with Gasteiger partial charge in [-0.15, -0.1) is 0 Å². The molecule has 20 heavy (non-hydrogen) atoms. The maximum atomic E-state index is 9.05. The molecule has 1 aromatic rings. The van der Waals surface area contributed by atoms with Gasteiger partial charge >= 0.3 is 0 Å². The molecular formula is C13H18N6O. The Hall–Kier alpha value is -2.04. The molecule has 5 N–H and O–H groups in total. The van der Waals surface area contributed by atoms with Crippen LogP contribution in [-0.4, -0.2) is 48.7 Å². The number of hydrogen-bond donors (Lipinski definition) is 3. The van der Waals surface area contributed by atoms with E-state index in [2.05, 4.69) is 15.2 Å². The van der Waals surface area contributed by atoms with Gasteiger partial charge in [-0.3, -0.25) is 4.90 Å². The van der Waals surface area contributed by atoms with Gasteiger partial charge in [0.2, 0.25) is 5.88 Å². The number of nitriles is 1. The van der Waals surface area contributed by atoms with Crippen LogP contribution >= 0.6 is 0 Å². The van der Waals surface area contributed by atoms with Gasteiger partial charge in [0.15, 0.2) is 0 Å². The monoisotopic (exact) mass is 274 g/mol. The predicted octanol–water partition coefficient (Wildman–Crippen LogP) is -0.674. The second kappa shape index (κ2) is 5.15. The lowest BCUT2D eigenvalue weighted by molar-refractivity contribution is 0.137. The second-order valence-electron chi connectivity index (χ2n) is 5.18. The minimum absolute atomic E-state index is 0.0336. The van der Waals surface area contributed by atoms with Crippen LogP contribution in [-0.2, 0) is 6.42 Å². The normalized spacial score (nSPS) is 22.1. The van der Waals surface area contributed by atoms with Crippen LogP contribution in [0, 0.1) is 11.3 Å². The van der Waals surface area contributed by atoms with Gasteiger partial charge in [0.05, 0.1) is 5.69 Å². The van der Waals surface area contributed by atoms with Crippen molar-refractivity contribution in [1.29, 1.82) is 5.26 Å². The van der Waals surface area contributed by atoms with Crippen LogP contribution in [0.4, 0.5) is 11.5 Å². The third-order valence-corrected chi connectivity index (χ3v) is 3.82. The van der Waals surface area contributed by atoms with Crippen molar-refractivity contribution >= 4 is 11.5 Å². The summed E-state index contributed by atoms with van der Waals surface area (Å²) in [6, 6.07) is 2.00. The van der Waals surface area contributed by atoms with E-state index >= 15 is 0 Å². The molecule has 1 aromatic heterocycles. The highest BCUT2D eigenvalue weighted by molar-refractivity contribution is 5.71. The molecule has 0 aromatic carbocycles. The summed E-state index contributed by atoms with van der Waals surface area (Å²) >= 11 is 0. The molecule has 2 aliphatic heterocycles. The fraction of sp³-hybridized carbons (Fsp3) is 0.538. The van der Waals surface area contributed by atoms with E-state index < -0.39 is 0 Å². The van der Waals surface area contributed by atoms with E-state index in [0.29, 0.717) is 18.0 Å². The van der Waals surface area contributed by atoms with Crippen molar-refractivity contribution in [1.82, 2.24) is 15.2 Å². The molecular weight excluding hydrogens is 256 g/mol. The Morgan fingerprint density at radius 3 is 2.85 bits per heavy atom. The first-order chi connectivity index (χ1) is 9.69. The van der Waals surface area contributed by atoms with Crippen LogP contribution in [0.25, 0.3) is 0 Å². The molecule has 7 nitrogen and oxygen atoms in total. The number of nitrogens with one attached hydrogen (secondary N) is 1. The maximum Gasteiger partial charge on any atom is 0.221 e. The SMILES string of the molecule is N#Cc1c(N)nc2c(c1N)CC(CN1CCNCC1)O2. The minimum atomic E-state index is 0.0336. The van der Waals surface area contributed by atoms with E-state index in [4.69, 9.17) is 21.5 Å². The number of anilines is 2. The topological polar surface area (TPSA) is 113 Å². The number of aromatic nitrogens is 1. The number of nitrogens with zero attached hydrogens (tertiary/aromatic N) is 3. The number of pyridine rings is 1. The molecule has 3 heterocycles. The Morgan fingerprint density at radius 1 is 1.40 bits per heavy atom. The largest absolute Gasteiger partial charge is 0.472 e.